The van der Waals surface area contributed by atoms with Gasteiger partial charge in [0.25, 0.3) is 5.91 Å². The molecule has 0 radical (unpaired) electrons. The number of aromatic nitrogens is 1. The number of nitrogens with zero attached hydrogens (tertiary/aromatic N) is 2. The van der Waals surface area contributed by atoms with Gasteiger partial charge in [0.2, 0.25) is 5.13 Å². The summed E-state index contributed by atoms with van der Waals surface area (Å²) in [6.07, 6.45) is 3.12. The molecule has 6 nitrogen and oxygen atoms in total. The number of carbonyl (C=O) groups is 1. The molecule has 3 aromatic heterocycles. The molecular weight excluding hydrogens is 416 g/mol. The average molecular weight is 429 g/mol. The molecule has 0 spiro atoms. The van der Waals surface area contributed by atoms with Gasteiger partial charge in [0, 0.05) is 10.6 Å². The molecule has 0 unspecified atom stereocenters. The molecule has 0 saturated heterocycles. The second-order valence-electron chi connectivity index (χ2n) is 5.52. The van der Waals surface area contributed by atoms with E-state index >= 15 is 0 Å². The van der Waals surface area contributed by atoms with E-state index in [1.807, 2.05) is 23.6 Å². The van der Waals surface area contributed by atoms with E-state index in [1.54, 1.807) is 42.8 Å². The summed E-state index contributed by atoms with van der Waals surface area (Å²) in [6, 6.07) is 14.5. The average Bonchev–Trinajstić information content (AvgIpc) is 3.45. The molecule has 3 heterocycles. The van der Waals surface area contributed by atoms with Crippen molar-refractivity contribution in [2.24, 2.45) is 5.10 Å². The van der Waals surface area contributed by atoms with Crippen LogP contribution in [0.3, 0.4) is 0 Å². The molecule has 0 aliphatic carbocycles. The van der Waals surface area contributed by atoms with Crippen LogP contribution in [0.4, 0.5) is 10.1 Å². The molecule has 140 valence electrons. The van der Waals surface area contributed by atoms with Gasteiger partial charge in [0.05, 0.1) is 17.4 Å². The minimum atomic E-state index is -0.181. The molecular formula is C19H13ClN4O2S2. The van der Waals surface area contributed by atoms with Crippen LogP contribution in [-0.2, 0) is 0 Å². The number of nitrogens with one attached hydrogen (secondary N) is 2. The van der Waals surface area contributed by atoms with Crippen molar-refractivity contribution in [3.63, 3.8) is 0 Å². The zero-order valence-electron chi connectivity index (χ0n) is 14.3. The lowest BCUT2D eigenvalue weighted by Crippen LogP contribution is -2.09. The standard InChI is InChI=1S/C19H13ClN4O2S2/c20-13-7-5-12(6-8-13)16-18(23-17(25)15-4-2-10-27-15)28-19(22-16)24-21-11-14-3-1-9-26-14/h1-11H,(H,22,24)(H,23,25)/b21-11+. The van der Waals surface area contributed by atoms with Crippen molar-refractivity contribution in [3.8, 4) is 11.3 Å². The highest BCUT2D eigenvalue weighted by Gasteiger charge is 2.17. The lowest BCUT2D eigenvalue weighted by molar-refractivity contribution is 0.103. The van der Waals surface area contributed by atoms with E-state index in [2.05, 4.69) is 20.8 Å². The van der Waals surface area contributed by atoms with Crippen LogP contribution in [0.2, 0.25) is 5.02 Å². The molecule has 1 amide bonds. The third-order valence-electron chi connectivity index (χ3n) is 3.61. The van der Waals surface area contributed by atoms with Crippen molar-refractivity contribution in [2.75, 3.05) is 10.7 Å². The number of hydrogen-bond acceptors (Lipinski definition) is 7. The molecule has 0 saturated carbocycles. The van der Waals surface area contributed by atoms with Crippen molar-refractivity contribution in [1.29, 1.82) is 0 Å². The Morgan fingerprint density at radius 2 is 2.04 bits per heavy atom. The molecule has 0 fully saturated rings. The number of anilines is 2. The Morgan fingerprint density at radius 3 is 2.75 bits per heavy atom. The monoisotopic (exact) mass is 428 g/mol. The van der Waals surface area contributed by atoms with Gasteiger partial charge in [0.15, 0.2) is 0 Å². The summed E-state index contributed by atoms with van der Waals surface area (Å²) in [6.45, 7) is 0. The lowest BCUT2D eigenvalue weighted by Gasteiger charge is -2.04. The Balaban J connectivity index is 1.61. The highest BCUT2D eigenvalue weighted by Crippen LogP contribution is 2.36. The maximum Gasteiger partial charge on any atom is 0.266 e. The number of rotatable bonds is 6. The first kappa shape index (κ1) is 18.4. The summed E-state index contributed by atoms with van der Waals surface area (Å²) in [5, 5.41) is 10.7. The van der Waals surface area contributed by atoms with Crippen LogP contribution >= 0.6 is 34.3 Å². The largest absolute Gasteiger partial charge is 0.463 e. The predicted molar refractivity (Wildman–Crippen MR) is 115 cm³/mol. The predicted octanol–water partition coefficient (Wildman–Crippen LogP) is 5.82. The van der Waals surface area contributed by atoms with Gasteiger partial charge in [-0.25, -0.2) is 4.98 Å². The highest BCUT2D eigenvalue weighted by atomic mass is 35.5. The van der Waals surface area contributed by atoms with Gasteiger partial charge in [-0.1, -0.05) is 41.1 Å². The number of thiophene rings is 1. The summed E-state index contributed by atoms with van der Waals surface area (Å²) in [5.41, 5.74) is 4.35. The van der Waals surface area contributed by atoms with E-state index in [4.69, 9.17) is 16.0 Å². The molecule has 28 heavy (non-hydrogen) atoms. The fourth-order valence-corrected chi connectivity index (χ4v) is 3.92. The first-order chi connectivity index (χ1) is 13.7. The van der Waals surface area contributed by atoms with Gasteiger partial charge in [0.1, 0.15) is 16.5 Å². The van der Waals surface area contributed by atoms with Crippen molar-refractivity contribution in [1.82, 2.24) is 4.98 Å². The summed E-state index contributed by atoms with van der Waals surface area (Å²) in [4.78, 5) is 17.7. The Bertz CT molecular complexity index is 1090. The maximum atomic E-state index is 12.5. The third-order valence-corrected chi connectivity index (χ3v) is 5.61. The van der Waals surface area contributed by atoms with Crippen molar-refractivity contribution in [3.05, 3.63) is 75.8 Å². The smallest absolute Gasteiger partial charge is 0.266 e. The Hall–Kier alpha value is -2.94. The summed E-state index contributed by atoms with van der Waals surface area (Å²) in [5.74, 6) is 0.438. The topological polar surface area (TPSA) is 79.5 Å². The van der Waals surface area contributed by atoms with E-state index in [-0.39, 0.29) is 5.91 Å². The van der Waals surface area contributed by atoms with Crippen LogP contribution in [0.15, 0.2) is 69.7 Å². The van der Waals surface area contributed by atoms with Crippen molar-refractivity contribution < 1.29 is 9.21 Å². The first-order valence-electron chi connectivity index (χ1n) is 8.13. The number of carbonyl (C=O) groups excluding carboxylic acids is 1. The van der Waals surface area contributed by atoms with Crippen LogP contribution in [-0.4, -0.2) is 17.1 Å². The fraction of sp³-hybridized carbons (Fsp3) is 0. The van der Waals surface area contributed by atoms with E-state index in [1.165, 1.54) is 22.7 Å². The molecule has 0 aliphatic heterocycles. The van der Waals surface area contributed by atoms with Crippen LogP contribution in [0.5, 0.6) is 0 Å². The number of benzene rings is 1. The fourth-order valence-electron chi connectivity index (χ4n) is 2.34. The van der Waals surface area contributed by atoms with E-state index in [0.717, 1.165) is 5.56 Å². The molecule has 0 bridgehead atoms. The summed E-state index contributed by atoms with van der Waals surface area (Å²) in [7, 11) is 0. The number of amides is 1. The number of hydrazone groups is 1. The van der Waals surface area contributed by atoms with E-state index < -0.39 is 0 Å². The van der Waals surface area contributed by atoms with Gasteiger partial charge in [-0.3, -0.25) is 10.2 Å². The Labute approximate surface area is 173 Å². The number of hydrogen-bond donors (Lipinski definition) is 2. The molecule has 2 N–H and O–H groups in total. The van der Waals surface area contributed by atoms with Gasteiger partial charge in [-0.15, -0.1) is 11.3 Å². The van der Waals surface area contributed by atoms with Crippen LogP contribution in [0, 0.1) is 0 Å². The maximum absolute atomic E-state index is 12.5. The zero-order valence-corrected chi connectivity index (χ0v) is 16.6. The molecule has 9 heteroatoms. The normalized spacial score (nSPS) is 11.0. The number of thiazole rings is 1. The second-order valence-corrected chi connectivity index (χ2v) is 7.90. The van der Waals surface area contributed by atoms with Crippen molar-refractivity contribution >= 4 is 56.5 Å². The van der Waals surface area contributed by atoms with Crippen molar-refractivity contribution in [2.45, 2.75) is 0 Å². The van der Waals surface area contributed by atoms with Crippen LogP contribution in [0.25, 0.3) is 11.3 Å². The molecule has 0 atom stereocenters. The van der Waals surface area contributed by atoms with Gasteiger partial charge >= 0.3 is 0 Å². The molecule has 0 aliphatic rings. The first-order valence-corrected chi connectivity index (χ1v) is 10.2. The quantitative estimate of drug-likeness (QED) is 0.299. The van der Waals surface area contributed by atoms with E-state index in [0.29, 0.717) is 31.5 Å². The van der Waals surface area contributed by atoms with Gasteiger partial charge < -0.3 is 9.73 Å². The minimum absolute atomic E-state index is 0.181. The van der Waals surface area contributed by atoms with Gasteiger partial charge in [-0.2, -0.15) is 5.10 Å². The minimum Gasteiger partial charge on any atom is -0.463 e. The SMILES string of the molecule is O=C(Nc1sc(N/N=C/c2ccco2)nc1-c1ccc(Cl)cc1)c1cccs1. The van der Waals surface area contributed by atoms with E-state index in [9.17, 15) is 4.79 Å². The Morgan fingerprint density at radius 1 is 1.18 bits per heavy atom. The van der Waals surface area contributed by atoms with Crippen LogP contribution in [0.1, 0.15) is 15.4 Å². The van der Waals surface area contributed by atoms with Gasteiger partial charge in [-0.05, 0) is 35.7 Å². The third kappa shape index (κ3) is 4.30. The highest BCUT2D eigenvalue weighted by molar-refractivity contribution is 7.20. The van der Waals surface area contributed by atoms with Crippen LogP contribution < -0.4 is 10.7 Å². The Kier molecular flexibility index (Phi) is 5.52. The second kappa shape index (κ2) is 8.39. The molecule has 4 rings (SSSR count). The number of halogens is 1. The summed E-state index contributed by atoms with van der Waals surface area (Å²) < 4.78 is 5.20. The molecule has 1 aromatic carbocycles. The molecule has 4 aromatic rings. The number of furan rings is 1. The lowest BCUT2D eigenvalue weighted by atomic mass is 10.1. The summed E-state index contributed by atoms with van der Waals surface area (Å²) >= 11 is 8.66. The zero-order chi connectivity index (χ0) is 19.3.